The van der Waals surface area contributed by atoms with Crippen molar-refractivity contribution in [3.63, 3.8) is 0 Å². The van der Waals surface area contributed by atoms with Crippen molar-refractivity contribution in [3.05, 3.63) is 76.1 Å². The minimum absolute atomic E-state index is 0. The van der Waals surface area contributed by atoms with E-state index in [1.165, 1.54) is 95.1 Å². The fraction of sp³-hybridized carbons (Fsp3) is 0.524. The highest BCUT2D eigenvalue weighted by Gasteiger charge is 2.27. The Morgan fingerprint density at radius 3 is 2.10 bits per heavy atom. The van der Waals surface area contributed by atoms with Gasteiger partial charge in [0.25, 0.3) is 0 Å². The molecule has 0 fully saturated rings. The molecule has 3 heterocycles. The normalized spacial score (nSPS) is 13.6. The number of carbonyl (C=O) groups excluding carboxylic acids is 1. The zero-order valence-electron chi connectivity index (χ0n) is 30.2. The van der Waals surface area contributed by atoms with Gasteiger partial charge in [-0.2, -0.15) is 0 Å². The molecule has 272 valence electrons. The van der Waals surface area contributed by atoms with Gasteiger partial charge in [0.1, 0.15) is 29.4 Å². The van der Waals surface area contributed by atoms with Crippen LogP contribution in [-0.2, 0) is 24.1 Å². The fourth-order valence-corrected chi connectivity index (χ4v) is 7.45. The Kier molecular flexibility index (Phi) is 16.0. The maximum atomic E-state index is 11.8. The van der Waals surface area contributed by atoms with E-state index < -0.39 is 5.97 Å². The number of aryl methyl sites for hydroxylation is 3. The molecular formula is C42H57BrN2O5. The number of methoxy groups -OCH3 is 1. The topological polar surface area (TPSA) is 83.1 Å². The van der Waals surface area contributed by atoms with Gasteiger partial charge in [0.15, 0.2) is 12.4 Å². The van der Waals surface area contributed by atoms with E-state index in [-0.39, 0.29) is 28.3 Å². The van der Waals surface area contributed by atoms with Crippen molar-refractivity contribution >= 4 is 23.8 Å². The van der Waals surface area contributed by atoms with Gasteiger partial charge in [-0.15, -0.1) is 0 Å². The highest BCUT2D eigenvalue weighted by molar-refractivity contribution is 5.94. The number of esters is 1. The van der Waals surface area contributed by atoms with Crippen LogP contribution >= 0.6 is 0 Å². The molecule has 0 atom stereocenters. The molecule has 2 aliphatic heterocycles. The van der Waals surface area contributed by atoms with Gasteiger partial charge in [0.2, 0.25) is 0 Å². The summed E-state index contributed by atoms with van der Waals surface area (Å²) >= 11 is 0. The molecule has 0 unspecified atom stereocenters. The number of hydrogen-bond acceptors (Lipinski definition) is 6. The molecule has 7 nitrogen and oxygen atoms in total. The first kappa shape index (κ1) is 39.3. The molecule has 1 aromatic heterocycles. The fourth-order valence-electron chi connectivity index (χ4n) is 7.45. The van der Waals surface area contributed by atoms with Crippen LogP contribution in [-0.4, -0.2) is 43.0 Å². The molecule has 8 heteroatoms. The predicted molar refractivity (Wildman–Crippen MR) is 198 cm³/mol. The van der Waals surface area contributed by atoms with Crippen LogP contribution in [0.2, 0.25) is 0 Å². The third-order valence-corrected chi connectivity index (χ3v) is 10.2. The van der Waals surface area contributed by atoms with E-state index in [1.807, 2.05) is 0 Å². The van der Waals surface area contributed by atoms with Gasteiger partial charge >= 0.3 is 5.97 Å². The number of aromatic nitrogens is 1. The van der Waals surface area contributed by atoms with E-state index in [0.29, 0.717) is 23.7 Å². The maximum Gasteiger partial charge on any atom is 0.341 e. The van der Waals surface area contributed by atoms with Gasteiger partial charge in [-0.1, -0.05) is 69.9 Å². The molecular weight excluding hydrogens is 692 g/mol. The van der Waals surface area contributed by atoms with Crippen LogP contribution in [0.4, 0.5) is 5.69 Å². The number of anilines is 1. The van der Waals surface area contributed by atoms with Crippen LogP contribution in [0, 0.1) is 6.92 Å². The third kappa shape index (κ3) is 11.0. The van der Waals surface area contributed by atoms with Crippen LogP contribution < -0.4 is 31.2 Å². The smallest absolute Gasteiger partial charge is 0.341 e. The monoisotopic (exact) mass is 748 g/mol. The zero-order chi connectivity index (χ0) is 34.4. The molecule has 0 bridgehead atoms. The van der Waals surface area contributed by atoms with Crippen LogP contribution in [0.1, 0.15) is 128 Å². The second-order valence-corrected chi connectivity index (χ2v) is 13.9. The highest BCUT2D eigenvalue weighted by Crippen LogP contribution is 2.42. The summed E-state index contributed by atoms with van der Waals surface area (Å²) in [5.41, 5.74) is 6.83. The van der Waals surface area contributed by atoms with E-state index in [2.05, 4.69) is 52.2 Å². The third-order valence-electron chi connectivity index (χ3n) is 10.2. The van der Waals surface area contributed by atoms with Crippen molar-refractivity contribution in [3.8, 4) is 17.2 Å². The number of aromatic hydroxyl groups is 2. The van der Waals surface area contributed by atoms with Crippen LogP contribution in [0.25, 0.3) is 12.2 Å². The standard InChI is InChI=1S/C42H56N2O5.BrH/c1-32-29-36(31-38(45)39(32)42(47)48-2)49-28-14-12-10-8-6-4-3-5-7-9-11-13-23-43-26-21-33(22-27-43)19-20-35-30-34-17-15-24-44-25-16-18-37(40(34)44)41(35)46;/h19-22,26-27,29-31H,3-18,23-25,28H2,1-2H3,(H,45,47);1H. The van der Waals surface area contributed by atoms with Crippen molar-refractivity contribution < 1.29 is 46.0 Å². The average Bonchev–Trinajstić information content (AvgIpc) is 3.11. The van der Waals surface area contributed by atoms with Gasteiger partial charge in [0, 0.05) is 54.5 Å². The van der Waals surface area contributed by atoms with E-state index in [9.17, 15) is 15.0 Å². The Morgan fingerprint density at radius 1 is 0.840 bits per heavy atom. The van der Waals surface area contributed by atoms with Crippen molar-refractivity contribution in [2.45, 2.75) is 116 Å². The Morgan fingerprint density at radius 2 is 1.46 bits per heavy atom. The molecule has 0 aliphatic carbocycles. The van der Waals surface area contributed by atoms with Gasteiger partial charge in [-0.05, 0) is 74.3 Å². The number of ether oxygens (including phenoxy) is 2. The number of carbonyl (C=O) groups is 1. The summed E-state index contributed by atoms with van der Waals surface area (Å²) in [5, 5.41) is 21.2. The minimum Gasteiger partial charge on any atom is -1.00 e. The van der Waals surface area contributed by atoms with Gasteiger partial charge in [-0.25, -0.2) is 9.36 Å². The zero-order valence-corrected chi connectivity index (χ0v) is 31.8. The second kappa shape index (κ2) is 20.4. The lowest BCUT2D eigenvalue weighted by molar-refractivity contribution is -0.697. The molecule has 2 N–H and O–H groups in total. The average molecular weight is 750 g/mol. The quantitative estimate of drug-likeness (QED) is 0.0875. The van der Waals surface area contributed by atoms with Crippen LogP contribution in [0.3, 0.4) is 0 Å². The molecule has 2 aliphatic rings. The lowest BCUT2D eigenvalue weighted by Crippen LogP contribution is -3.00. The Labute approximate surface area is 310 Å². The minimum atomic E-state index is -0.538. The van der Waals surface area contributed by atoms with E-state index in [4.69, 9.17) is 9.47 Å². The number of rotatable bonds is 19. The lowest BCUT2D eigenvalue weighted by atomic mass is 9.89. The van der Waals surface area contributed by atoms with E-state index in [1.54, 1.807) is 13.0 Å². The summed E-state index contributed by atoms with van der Waals surface area (Å²) in [6, 6.07) is 9.82. The summed E-state index contributed by atoms with van der Waals surface area (Å²) in [6.07, 6.45) is 28.1. The molecule has 0 amide bonds. The number of phenols is 2. The largest absolute Gasteiger partial charge is 1.00 e. The Balaban J connectivity index is 0.00000562. The van der Waals surface area contributed by atoms with Gasteiger partial charge < -0.3 is 41.6 Å². The van der Waals surface area contributed by atoms with Crippen molar-refractivity contribution in [2.75, 3.05) is 31.7 Å². The molecule has 5 rings (SSSR count). The SMILES string of the molecule is COC(=O)c1c(C)cc(OCCCCCCCCCCCCCC[n+]2ccc(/C=C/c3cc4c5c(c3O)CCCN5CCC4)cc2)cc1O.[Br-]. The molecule has 50 heavy (non-hydrogen) atoms. The van der Waals surface area contributed by atoms with Gasteiger partial charge in [0.05, 0.1) is 13.7 Å². The van der Waals surface area contributed by atoms with Crippen LogP contribution in [0.15, 0.2) is 42.7 Å². The summed E-state index contributed by atoms with van der Waals surface area (Å²) in [4.78, 5) is 14.2. The molecule has 0 radical (unpaired) electrons. The first-order valence-corrected chi connectivity index (χ1v) is 18.8. The number of pyridine rings is 1. The molecule has 2 aromatic carbocycles. The van der Waals surface area contributed by atoms with Crippen molar-refractivity contribution in [1.82, 2.24) is 0 Å². The van der Waals surface area contributed by atoms with Crippen LogP contribution in [0.5, 0.6) is 17.2 Å². The first-order valence-electron chi connectivity index (χ1n) is 18.8. The number of unbranched alkanes of at least 4 members (excludes halogenated alkanes) is 11. The summed E-state index contributed by atoms with van der Waals surface area (Å²) in [6.45, 7) is 5.68. The van der Waals surface area contributed by atoms with Crippen molar-refractivity contribution in [1.29, 1.82) is 0 Å². The molecule has 0 saturated heterocycles. The number of phenolic OH excluding ortho intramolecular Hbond substituents is 2. The predicted octanol–water partition coefficient (Wildman–Crippen LogP) is 6.11. The Hall–Kier alpha value is -3.52. The Bertz CT molecular complexity index is 1530. The second-order valence-electron chi connectivity index (χ2n) is 13.9. The number of benzene rings is 2. The van der Waals surface area contributed by atoms with E-state index >= 15 is 0 Å². The highest BCUT2D eigenvalue weighted by atomic mass is 79.9. The lowest BCUT2D eigenvalue weighted by Gasteiger charge is -2.37. The molecule has 3 aromatic rings. The summed E-state index contributed by atoms with van der Waals surface area (Å²) < 4.78 is 12.8. The number of hydrogen-bond donors (Lipinski definition) is 2. The summed E-state index contributed by atoms with van der Waals surface area (Å²) in [7, 11) is 1.31. The first-order chi connectivity index (χ1) is 23.9. The number of halogens is 1. The summed E-state index contributed by atoms with van der Waals surface area (Å²) in [5.74, 6) is 0.424. The maximum absolute atomic E-state index is 11.8. The van der Waals surface area contributed by atoms with Crippen molar-refractivity contribution in [2.24, 2.45) is 0 Å². The molecule has 0 spiro atoms. The van der Waals surface area contributed by atoms with E-state index in [0.717, 1.165) is 68.4 Å². The number of nitrogens with zero attached hydrogens (tertiary/aromatic N) is 2. The molecule has 0 saturated carbocycles. The van der Waals surface area contributed by atoms with Gasteiger partial charge in [-0.3, -0.25) is 0 Å².